The number of carbonyl (C=O) groups excluding carboxylic acids is 1. The highest BCUT2D eigenvalue weighted by Gasteiger charge is 2.38. The van der Waals surface area contributed by atoms with E-state index >= 15 is 0 Å². The summed E-state index contributed by atoms with van der Waals surface area (Å²) in [6.45, 7) is -2.89. The Bertz CT molecular complexity index is 1860. The number of nitrogens with zero attached hydrogens (tertiary/aromatic N) is 6. The van der Waals surface area contributed by atoms with Crippen molar-refractivity contribution in [2.75, 3.05) is 23.8 Å². The maximum Gasteiger partial charge on any atom is 0.321 e. The van der Waals surface area contributed by atoms with Crippen LogP contribution in [-0.4, -0.2) is 59.0 Å². The van der Waals surface area contributed by atoms with Gasteiger partial charge in [0.2, 0.25) is 0 Å². The molecule has 0 saturated carbocycles. The predicted molar refractivity (Wildman–Crippen MR) is 136 cm³/mol. The Morgan fingerprint density at radius 2 is 2.00 bits per heavy atom. The molecule has 1 unspecified atom stereocenters. The molecule has 0 bridgehead atoms. The molecule has 5 aromatic rings. The van der Waals surface area contributed by atoms with E-state index < -0.39 is 35.8 Å². The van der Waals surface area contributed by atoms with Gasteiger partial charge in [-0.05, 0) is 29.7 Å². The number of fused-ring (bicyclic) bond motifs is 3. The molecule has 200 valence electrons. The molecule has 6 rings (SSSR count). The molecule has 4 aromatic heterocycles. The van der Waals surface area contributed by atoms with Gasteiger partial charge in [0.1, 0.15) is 17.7 Å². The molecule has 16 heteroatoms. The summed E-state index contributed by atoms with van der Waals surface area (Å²) in [5, 5.41) is 16.2. The van der Waals surface area contributed by atoms with Gasteiger partial charge in [0, 0.05) is 29.9 Å². The highest BCUT2D eigenvalue weighted by atomic mass is 32.1. The van der Waals surface area contributed by atoms with Crippen molar-refractivity contribution >= 4 is 50.1 Å². The van der Waals surface area contributed by atoms with Crippen molar-refractivity contribution in [1.29, 1.82) is 0 Å². The molecule has 1 aromatic carbocycles. The summed E-state index contributed by atoms with van der Waals surface area (Å²) in [4.78, 5) is 46.0. The second kappa shape index (κ2) is 9.33. The summed E-state index contributed by atoms with van der Waals surface area (Å²) < 4.78 is 37.9. The number of morpholine rings is 1. The molecule has 4 N–H and O–H groups in total. The van der Waals surface area contributed by atoms with E-state index in [1.165, 1.54) is 27.9 Å². The van der Waals surface area contributed by atoms with E-state index in [2.05, 4.69) is 19.4 Å². The molecule has 39 heavy (non-hydrogen) atoms. The lowest BCUT2D eigenvalue weighted by Crippen LogP contribution is -2.50. The minimum absolute atomic E-state index is 0.0369. The van der Waals surface area contributed by atoms with Crippen LogP contribution in [0, 0.1) is 0 Å². The molecule has 0 radical (unpaired) electrons. The third-order valence-corrected chi connectivity index (χ3v) is 7.19. The van der Waals surface area contributed by atoms with Gasteiger partial charge in [0.25, 0.3) is 17.0 Å². The van der Waals surface area contributed by atoms with Crippen molar-refractivity contribution in [2.45, 2.75) is 18.8 Å². The maximum atomic E-state index is 13.3. The van der Waals surface area contributed by atoms with E-state index in [9.17, 15) is 28.3 Å². The van der Waals surface area contributed by atoms with Crippen LogP contribution in [0.1, 0.15) is 18.5 Å². The highest BCUT2D eigenvalue weighted by Crippen LogP contribution is 2.30. The number of hydrogen-bond donors (Lipinski definition) is 3. The Kier molecular flexibility index (Phi) is 5.93. The van der Waals surface area contributed by atoms with Crippen LogP contribution in [0.15, 0.2) is 52.3 Å². The first-order chi connectivity index (χ1) is 18.7. The van der Waals surface area contributed by atoms with Crippen LogP contribution in [0.3, 0.4) is 0 Å². The van der Waals surface area contributed by atoms with Gasteiger partial charge in [0.05, 0.1) is 34.4 Å². The lowest BCUT2D eigenvalue weighted by atomic mass is 10.1. The van der Waals surface area contributed by atoms with Gasteiger partial charge in [0.15, 0.2) is 11.9 Å². The number of nitrogens with one attached hydrogen (secondary N) is 1. The number of aliphatic hydroxyl groups is 1. The maximum absolute atomic E-state index is 13.3. The number of pyridine rings is 1. The van der Waals surface area contributed by atoms with Gasteiger partial charge in [-0.3, -0.25) is 23.9 Å². The summed E-state index contributed by atoms with van der Waals surface area (Å²) in [6, 6.07) is 7.04. The van der Waals surface area contributed by atoms with E-state index in [1.807, 2.05) is 0 Å². The van der Waals surface area contributed by atoms with Crippen LogP contribution in [0.25, 0.3) is 26.7 Å². The van der Waals surface area contributed by atoms with Crippen LogP contribution >= 0.6 is 11.5 Å². The molecule has 1 saturated heterocycles. The first-order valence-electron chi connectivity index (χ1n) is 11.5. The molecule has 1 aliphatic rings. The van der Waals surface area contributed by atoms with Gasteiger partial charge in [-0.15, -0.1) is 5.10 Å². The van der Waals surface area contributed by atoms with Crippen molar-refractivity contribution in [3.63, 3.8) is 0 Å². The van der Waals surface area contributed by atoms with E-state index in [4.69, 9.17) is 10.5 Å². The Morgan fingerprint density at radius 3 is 2.79 bits per heavy atom. The number of nitrogen functional groups attached to an aromatic ring is 1. The molecule has 1 aliphatic heterocycles. The fraction of sp³-hybridized carbons (Fsp3) is 0.217. The third kappa shape index (κ3) is 4.14. The van der Waals surface area contributed by atoms with Gasteiger partial charge in [-0.1, -0.05) is 0 Å². The number of rotatable bonds is 5. The Morgan fingerprint density at radius 1 is 1.18 bits per heavy atom. The lowest BCUT2D eigenvalue weighted by Gasteiger charge is -2.32. The number of carbonyl (C=O) groups is 1. The number of hydrogen-bond acceptors (Lipinski definition) is 10. The fourth-order valence-corrected chi connectivity index (χ4v) is 5.23. The predicted octanol–water partition coefficient (Wildman–Crippen LogP) is 1.32. The zero-order valence-corrected chi connectivity index (χ0v) is 20.5. The summed E-state index contributed by atoms with van der Waals surface area (Å²) in [5.41, 5.74) is 4.90. The number of H-pyrrole nitrogens is 1. The molecular weight excluding hydrogens is 538 g/mol. The van der Waals surface area contributed by atoms with Crippen molar-refractivity contribution in [2.24, 2.45) is 0 Å². The zero-order chi connectivity index (χ0) is 27.4. The second-order valence-electron chi connectivity index (χ2n) is 8.61. The smallest absolute Gasteiger partial charge is 0.321 e. The summed E-state index contributed by atoms with van der Waals surface area (Å²) in [7, 11) is 0. The zero-order valence-electron chi connectivity index (χ0n) is 19.7. The number of ether oxygens (including phenoxy) is 1. The average molecular weight is 557 g/mol. The topological polar surface area (TPSA) is 174 Å². The van der Waals surface area contributed by atoms with Gasteiger partial charge in [-0.25, -0.2) is 9.67 Å². The normalized spacial score (nSPS) is 17.0. The number of halogens is 2. The Hall–Kier alpha value is -4.54. The monoisotopic (exact) mass is 556 g/mol. The quantitative estimate of drug-likeness (QED) is 0.288. The third-order valence-electron chi connectivity index (χ3n) is 6.29. The lowest BCUT2D eigenvalue weighted by molar-refractivity contribution is -0.143. The van der Waals surface area contributed by atoms with Crippen LogP contribution in [-0.2, 0) is 9.53 Å². The number of anilines is 2. The van der Waals surface area contributed by atoms with E-state index in [-0.39, 0.29) is 46.0 Å². The summed E-state index contributed by atoms with van der Waals surface area (Å²) >= 11 is 1.06. The molecule has 2 atom stereocenters. The fourth-order valence-electron chi connectivity index (χ4n) is 4.39. The number of aromatic nitrogens is 6. The molecule has 1 amide bonds. The SMILES string of the molecule is Nc1nsc2c1ccc1nc([C@H](O)C3OCCN(c4ccn(-c5ccc(=O)n(C(F)F)c5)n4)C3=O)[nH]c(=O)c12. The first kappa shape index (κ1) is 24.8. The van der Waals surface area contributed by atoms with Crippen LogP contribution < -0.4 is 21.8 Å². The average Bonchev–Trinajstić information content (AvgIpc) is 3.55. The largest absolute Gasteiger partial charge is 0.382 e. The van der Waals surface area contributed by atoms with Crippen molar-refractivity contribution in [3.05, 3.63) is 69.3 Å². The number of aliphatic hydroxyl groups excluding tert-OH is 1. The van der Waals surface area contributed by atoms with Crippen LogP contribution in [0.5, 0.6) is 0 Å². The van der Waals surface area contributed by atoms with Crippen LogP contribution in [0.2, 0.25) is 0 Å². The van der Waals surface area contributed by atoms with E-state index in [0.29, 0.717) is 15.9 Å². The summed E-state index contributed by atoms with van der Waals surface area (Å²) in [5.74, 6) is -0.352. The summed E-state index contributed by atoms with van der Waals surface area (Å²) in [6.07, 6.45) is -0.633. The van der Waals surface area contributed by atoms with Crippen molar-refractivity contribution in [1.82, 2.24) is 28.7 Å². The Labute approximate surface area is 219 Å². The second-order valence-corrected chi connectivity index (χ2v) is 9.38. The number of aromatic amines is 1. The first-order valence-corrected chi connectivity index (χ1v) is 12.3. The molecule has 0 spiro atoms. The van der Waals surface area contributed by atoms with E-state index in [1.54, 1.807) is 12.1 Å². The number of amides is 1. The molecule has 1 fully saturated rings. The minimum Gasteiger partial charge on any atom is -0.382 e. The number of benzene rings is 1. The molecule has 0 aliphatic carbocycles. The van der Waals surface area contributed by atoms with Gasteiger partial charge < -0.3 is 20.6 Å². The standard InChI is InChI=1S/C23H18F2N8O5S/c24-23(25)32-9-10(1-4-14(32)34)33-6-5-13(29-33)31-7-8-38-17(22(31)37)16(35)20-27-12-3-2-11-18(39-30-19(11)26)15(12)21(36)28-20/h1-6,9,16-17,23,35H,7-8H2,(H2,26,30)(H,27,28,36)/t16-,17?/m1/s1. The number of alkyl halides is 2. The van der Waals surface area contributed by atoms with E-state index in [0.717, 1.165) is 23.8 Å². The van der Waals surface area contributed by atoms with Crippen LogP contribution in [0.4, 0.5) is 20.4 Å². The van der Waals surface area contributed by atoms with Gasteiger partial charge in [-0.2, -0.15) is 13.2 Å². The Balaban J connectivity index is 1.29. The van der Waals surface area contributed by atoms with Crippen molar-refractivity contribution < 1.29 is 23.4 Å². The number of nitrogens with two attached hydrogens (primary N) is 1. The molecule has 5 heterocycles. The minimum atomic E-state index is -3.03. The highest BCUT2D eigenvalue weighted by molar-refractivity contribution is 7.14. The van der Waals surface area contributed by atoms with Gasteiger partial charge >= 0.3 is 6.55 Å². The molecular formula is C23H18F2N8O5S. The van der Waals surface area contributed by atoms with Crippen molar-refractivity contribution in [3.8, 4) is 5.69 Å². The molecule has 13 nitrogen and oxygen atoms in total.